The fourth-order valence-corrected chi connectivity index (χ4v) is 4.73. The van der Waals surface area contributed by atoms with E-state index in [-0.39, 0.29) is 35.6 Å². The van der Waals surface area contributed by atoms with E-state index in [0.29, 0.717) is 13.2 Å². The smallest absolute Gasteiger partial charge is 0.338 e. The average molecular weight is 453 g/mol. The summed E-state index contributed by atoms with van der Waals surface area (Å²) in [5.74, 6) is -1.02. The Morgan fingerprint density at radius 2 is 2.03 bits per heavy atom. The molecule has 0 aliphatic carbocycles. The van der Waals surface area contributed by atoms with Crippen molar-refractivity contribution < 1.29 is 27.5 Å². The van der Waals surface area contributed by atoms with Gasteiger partial charge in [0.1, 0.15) is 0 Å². The van der Waals surface area contributed by atoms with Crippen LogP contribution in [-0.2, 0) is 30.8 Å². The molecule has 30 heavy (non-hydrogen) atoms. The van der Waals surface area contributed by atoms with Gasteiger partial charge in [-0.1, -0.05) is 6.07 Å². The Morgan fingerprint density at radius 1 is 1.27 bits per heavy atom. The molecule has 0 spiro atoms. The third-order valence-corrected chi connectivity index (χ3v) is 6.95. The Balaban J connectivity index is 1.49. The lowest BCUT2D eigenvalue weighted by Gasteiger charge is -2.16. The molecule has 1 N–H and O–H groups in total. The Hall–Kier alpha value is -2.27. The number of benzene rings is 1. The number of hydrogen-bond acceptors (Lipinski definition) is 7. The molecule has 162 valence electrons. The standard InChI is InChI=1S/C20H24N2O6S2/c1-22(13-17-5-3-11-29-17)19(23)14-28-20(24)15-6-8-18(9-7-15)30(25,26)21-12-16-4-2-10-27-16/h3,5-9,11,16,21H,2,4,10,12-14H2,1H3. The summed E-state index contributed by atoms with van der Waals surface area (Å²) >= 11 is 1.54. The van der Waals surface area contributed by atoms with Crippen molar-refractivity contribution in [1.82, 2.24) is 9.62 Å². The number of carbonyl (C=O) groups excluding carboxylic acids is 2. The van der Waals surface area contributed by atoms with Crippen molar-refractivity contribution in [2.75, 3.05) is 26.8 Å². The molecule has 3 rings (SSSR count). The van der Waals surface area contributed by atoms with Crippen LogP contribution in [0.1, 0.15) is 28.1 Å². The molecular weight excluding hydrogens is 428 g/mol. The number of rotatable bonds is 9. The maximum Gasteiger partial charge on any atom is 0.338 e. The molecular formula is C20H24N2O6S2. The number of hydrogen-bond donors (Lipinski definition) is 1. The van der Waals surface area contributed by atoms with Gasteiger partial charge >= 0.3 is 5.97 Å². The third-order valence-electron chi connectivity index (χ3n) is 4.65. The Kier molecular flexibility index (Phi) is 7.59. The van der Waals surface area contributed by atoms with Crippen molar-refractivity contribution in [3.05, 3.63) is 52.2 Å². The highest BCUT2D eigenvalue weighted by molar-refractivity contribution is 7.89. The first-order valence-corrected chi connectivity index (χ1v) is 11.9. The Bertz CT molecular complexity index is 952. The van der Waals surface area contributed by atoms with Crippen LogP contribution in [0.15, 0.2) is 46.7 Å². The summed E-state index contributed by atoms with van der Waals surface area (Å²) in [7, 11) is -2.06. The van der Waals surface area contributed by atoms with Crippen molar-refractivity contribution in [3.8, 4) is 0 Å². The number of ether oxygens (including phenoxy) is 2. The summed E-state index contributed by atoms with van der Waals surface area (Å²) < 4.78 is 37.7. The summed E-state index contributed by atoms with van der Waals surface area (Å²) in [6.45, 7) is 0.923. The number of nitrogens with one attached hydrogen (secondary N) is 1. The van der Waals surface area contributed by atoms with E-state index in [1.807, 2.05) is 17.5 Å². The van der Waals surface area contributed by atoms with Gasteiger partial charge in [-0.2, -0.15) is 0 Å². The minimum atomic E-state index is -3.69. The molecule has 1 aromatic carbocycles. The van der Waals surface area contributed by atoms with Crippen molar-refractivity contribution >= 4 is 33.2 Å². The molecule has 8 nitrogen and oxygen atoms in total. The highest BCUT2D eigenvalue weighted by atomic mass is 32.2. The number of thiophene rings is 1. The number of sulfonamides is 1. The lowest BCUT2D eigenvalue weighted by atomic mass is 10.2. The van der Waals surface area contributed by atoms with Gasteiger partial charge in [0.05, 0.1) is 23.1 Å². The summed E-state index contributed by atoms with van der Waals surface area (Å²) in [4.78, 5) is 26.9. The van der Waals surface area contributed by atoms with Gasteiger partial charge in [0.25, 0.3) is 5.91 Å². The van der Waals surface area contributed by atoms with Gasteiger partial charge in [-0.05, 0) is 48.6 Å². The van der Waals surface area contributed by atoms with Crippen LogP contribution in [0.4, 0.5) is 0 Å². The number of likely N-dealkylation sites (N-methyl/N-ethyl adjacent to an activating group) is 1. The molecule has 1 aliphatic heterocycles. The molecule has 2 aromatic rings. The summed E-state index contributed by atoms with van der Waals surface area (Å²) in [5, 5.41) is 1.93. The van der Waals surface area contributed by atoms with Gasteiger partial charge < -0.3 is 14.4 Å². The van der Waals surface area contributed by atoms with Crippen molar-refractivity contribution in [3.63, 3.8) is 0 Å². The van der Waals surface area contributed by atoms with E-state index in [9.17, 15) is 18.0 Å². The normalized spacial score (nSPS) is 16.4. The Morgan fingerprint density at radius 3 is 2.67 bits per heavy atom. The van der Waals surface area contributed by atoms with Crippen LogP contribution in [-0.4, -0.2) is 58.1 Å². The van der Waals surface area contributed by atoms with Crippen LogP contribution in [0, 0.1) is 0 Å². The SMILES string of the molecule is CN(Cc1cccs1)C(=O)COC(=O)c1ccc(S(=O)(=O)NCC2CCCO2)cc1. The maximum atomic E-state index is 12.4. The summed E-state index contributed by atoms with van der Waals surface area (Å²) in [6, 6.07) is 9.22. The van der Waals surface area contributed by atoms with Crippen LogP contribution in [0.25, 0.3) is 0 Å². The summed E-state index contributed by atoms with van der Waals surface area (Å²) in [6.07, 6.45) is 1.65. The van der Waals surface area contributed by atoms with E-state index in [0.717, 1.165) is 17.7 Å². The first-order valence-electron chi connectivity index (χ1n) is 9.50. The lowest BCUT2D eigenvalue weighted by Crippen LogP contribution is -2.32. The van der Waals surface area contributed by atoms with E-state index in [1.54, 1.807) is 18.4 Å². The molecule has 1 unspecified atom stereocenters. The van der Waals surface area contributed by atoms with Crippen molar-refractivity contribution in [2.24, 2.45) is 0 Å². The average Bonchev–Trinajstić information content (AvgIpc) is 3.44. The second-order valence-corrected chi connectivity index (χ2v) is 9.72. The number of esters is 1. The van der Waals surface area contributed by atoms with Crippen molar-refractivity contribution in [1.29, 1.82) is 0 Å². The minimum absolute atomic E-state index is 0.0452. The first-order chi connectivity index (χ1) is 14.3. The lowest BCUT2D eigenvalue weighted by molar-refractivity contribution is -0.133. The van der Waals surface area contributed by atoms with Crippen LogP contribution < -0.4 is 4.72 Å². The third kappa shape index (κ3) is 6.11. The van der Waals surface area contributed by atoms with E-state index in [1.165, 1.54) is 29.2 Å². The molecule has 1 fully saturated rings. The van der Waals surface area contributed by atoms with Gasteiger partial charge in [0.2, 0.25) is 10.0 Å². The minimum Gasteiger partial charge on any atom is -0.452 e. The van der Waals surface area contributed by atoms with Gasteiger partial charge in [0.15, 0.2) is 6.61 Å². The van der Waals surface area contributed by atoms with E-state index in [4.69, 9.17) is 9.47 Å². The van der Waals surface area contributed by atoms with Crippen molar-refractivity contribution in [2.45, 2.75) is 30.4 Å². The number of amides is 1. The molecule has 0 saturated carbocycles. The molecule has 1 amide bonds. The zero-order valence-electron chi connectivity index (χ0n) is 16.6. The largest absolute Gasteiger partial charge is 0.452 e. The van der Waals surface area contributed by atoms with Gasteiger partial charge in [-0.15, -0.1) is 11.3 Å². The number of carbonyl (C=O) groups is 2. The molecule has 0 radical (unpaired) electrons. The molecule has 1 saturated heterocycles. The van der Waals surface area contributed by atoms with Crippen LogP contribution in [0.3, 0.4) is 0 Å². The van der Waals surface area contributed by atoms with E-state index in [2.05, 4.69) is 4.72 Å². The zero-order chi connectivity index (χ0) is 21.6. The highest BCUT2D eigenvalue weighted by Crippen LogP contribution is 2.15. The molecule has 0 bridgehead atoms. The van der Waals surface area contributed by atoms with Gasteiger partial charge in [-0.3, -0.25) is 4.79 Å². The van der Waals surface area contributed by atoms with Crippen LogP contribution >= 0.6 is 11.3 Å². The second kappa shape index (κ2) is 10.2. The monoisotopic (exact) mass is 452 g/mol. The van der Waals surface area contributed by atoms with Gasteiger partial charge in [-0.25, -0.2) is 17.9 Å². The van der Waals surface area contributed by atoms with Crippen LogP contribution in [0.5, 0.6) is 0 Å². The molecule has 10 heteroatoms. The molecule has 1 aromatic heterocycles. The molecule has 1 atom stereocenters. The molecule has 2 heterocycles. The fourth-order valence-electron chi connectivity index (χ4n) is 2.91. The topological polar surface area (TPSA) is 102 Å². The highest BCUT2D eigenvalue weighted by Gasteiger charge is 2.21. The predicted octanol–water partition coefficient (Wildman–Crippen LogP) is 2.02. The second-order valence-electron chi connectivity index (χ2n) is 6.92. The fraction of sp³-hybridized carbons (Fsp3) is 0.400. The predicted molar refractivity (Wildman–Crippen MR) is 112 cm³/mol. The molecule has 1 aliphatic rings. The first kappa shape index (κ1) is 22.4. The van der Waals surface area contributed by atoms with Gasteiger partial charge in [0, 0.05) is 25.1 Å². The zero-order valence-corrected chi connectivity index (χ0v) is 18.2. The van der Waals surface area contributed by atoms with E-state index < -0.39 is 16.0 Å². The number of nitrogens with zero attached hydrogens (tertiary/aromatic N) is 1. The summed E-state index contributed by atoms with van der Waals surface area (Å²) in [5.41, 5.74) is 0.168. The van der Waals surface area contributed by atoms with Crippen LogP contribution in [0.2, 0.25) is 0 Å². The Labute approximate surface area is 179 Å². The quantitative estimate of drug-likeness (QED) is 0.584. The maximum absolute atomic E-state index is 12.4. The van der Waals surface area contributed by atoms with E-state index >= 15 is 0 Å².